The first-order chi connectivity index (χ1) is 5.27. The second-order valence-corrected chi connectivity index (χ2v) is 3.73. The van der Waals surface area contributed by atoms with Gasteiger partial charge in [-0.25, -0.2) is 0 Å². The zero-order chi connectivity index (χ0) is 7.84. The molecule has 0 unspecified atom stereocenters. The van der Waals surface area contributed by atoms with E-state index in [2.05, 4.69) is 4.37 Å². The molecule has 0 aliphatic rings. The summed E-state index contributed by atoms with van der Waals surface area (Å²) in [4.78, 5) is 0. The van der Waals surface area contributed by atoms with Gasteiger partial charge in [-0.15, -0.1) is 0 Å². The fraction of sp³-hybridized carbons (Fsp3) is 0.125. The van der Waals surface area contributed by atoms with Gasteiger partial charge in [-0.2, -0.15) is 4.37 Å². The molecular weight excluding hydrogens is 178 g/mol. The molecule has 0 saturated heterocycles. The number of aryl methyl sites for hydroxylation is 1. The van der Waals surface area contributed by atoms with Crippen molar-refractivity contribution in [3.05, 3.63) is 28.9 Å². The molecule has 1 aromatic carbocycles. The molecule has 2 aromatic rings. The van der Waals surface area contributed by atoms with Crippen LogP contribution >= 0.6 is 23.1 Å². The Morgan fingerprint density at radius 2 is 2.27 bits per heavy atom. The van der Waals surface area contributed by atoms with E-state index in [0.29, 0.717) is 0 Å². The van der Waals surface area contributed by atoms with E-state index in [1.54, 1.807) is 0 Å². The number of fused-ring (bicyclic) bond motifs is 1. The van der Waals surface area contributed by atoms with Crippen LogP contribution in [0.25, 0.3) is 10.1 Å². The second kappa shape index (κ2) is 2.47. The monoisotopic (exact) mass is 183 g/mol. The summed E-state index contributed by atoms with van der Waals surface area (Å²) in [5.74, 6) is 0. The molecule has 0 bridgehead atoms. The molecule has 1 nitrogen and oxygen atoms in total. The van der Waals surface area contributed by atoms with Crippen LogP contribution in [0.2, 0.25) is 5.02 Å². The van der Waals surface area contributed by atoms with Crippen LogP contribution in [0.5, 0.6) is 0 Å². The van der Waals surface area contributed by atoms with E-state index >= 15 is 0 Å². The van der Waals surface area contributed by atoms with Gasteiger partial charge in [0.05, 0.1) is 4.70 Å². The minimum Gasteiger partial charge on any atom is -0.200 e. The van der Waals surface area contributed by atoms with Crippen LogP contribution in [0.1, 0.15) is 5.56 Å². The van der Waals surface area contributed by atoms with E-state index in [0.717, 1.165) is 9.72 Å². The summed E-state index contributed by atoms with van der Waals surface area (Å²) in [6.45, 7) is 2.04. The van der Waals surface area contributed by atoms with Crippen molar-refractivity contribution in [1.82, 2.24) is 4.37 Å². The summed E-state index contributed by atoms with van der Waals surface area (Å²) >= 11 is 7.34. The highest BCUT2D eigenvalue weighted by Gasteiger charge is 2.00. The summed E-state index contributed by atoms with van der Waals surface area (Å²) in [6.07, 6.45) is 1.88. The van der Waals surface area contributed by atoms with Crippen molar-refractivity contribution in [2.75, 3.05) is 0 Å². The van der Waals surface area contributed by atoms with Gasteiger partial charge in [0.1, 0.15) is 0 Å². The molecule has 0 spiro atoms. The predicted octanol–water partition coefficient (Wildman–Crippen LogP) is 3.26. The Kier molecular flexibility index (Phi) is 1.59. The Morgan fingerprint density at radius 1 is 1.45 bits per heavy atom. The van der Waals surface area contributed by atoms with Crippen molar-refractivity contribution >= 4 is 33.2 Å². The van der Waals surface area contributed by atoms with E-state index in [-0.39, 0.29) is 0 Å². The normalized spacial score (nSPS) is 10.7. The van der Waals surface area contributed by atoms with Crippen LogP contribution in [-0.2, 0) is 0 Å². The number of hydrogen-bond acceptors (Lipinski definition) is 2. The molecule has 1 aromatic heterocycles. The van der Waals surface area contributed by atoms with E-state index < -0.39 is 0 Å². The Labute approximate surface area is 73.8 Å². The summed E-state index contributed by atoms with van der Waals surface area (Å²) in [6, 6.07) is 3.90. The van der Waals surface area contributed by atoms with Gasteiger partial charge in [0.15, 0.2) is 0 Å². The first-order valence-electron chi connectivity index (χ1n) is 3.28. The van der Waals surface area contributed by atoms with Gasteiger partial charge in [-0.1, -0.05) is 11.6 Å². The predicted molar refractivity (Wildman–Crippen MR) is 49.4 cm³/mol. The number of halogens is 1. The summed E-state index contributed by atoms with van der Waals surface area (Å²) < 4.78 is 5.25. The van der Waals surface area contributed by atoms with Crippen molar-refractivity contribution in [2.45, 2.75) is 6.92 Å². The van der Waals surface area contributed by atoms with Crippen LogP contribution in [0.3, 0.4) is 0 Å². The van der Waals surface area contributed by atoms with E-state index in [4.69, 9.17) is 11.6 Å². The third-order valence-electron chi connectivity index (χ3n) is 1.65. The van der Waals surface area contributed by atoms with Gasteiger partial charge in [0.25, 0.3) is 0 Å². The highest BCUT2D eigenvalue weighted by Crippen LogP contribution is 2.25. The highest BCUT2D eigenvalue weighted by atomic mass is 35.5. The summed E-state index contributed by atoms with van der Waals surface area (Å²) in [5, 5.41) is 2.00. The van der Waals surface area contributed by atoms with Crippen molar-refractivity contribution in [1.29, 1.82) is 0 Å². The van der Waals surface area contributed by atoms with Crippen molar-refractivity contribution < 1.29 is 0 Å². The third-order valence-corrected chi connectivity index (χ3v) is 2.61. The van der Waals surface area contributed by atoms with Crippen LogP contribution in [0.15, 0.2) is 18.3 Å². The van der Waals surface area contributed by atoms with Crippen molar-refractivity contribution in [2.24, 2.45) is 0 Å². The lowest BCUT2D eigenvalue weighted by Gasteiger charge is -1.94. The average Bonchev–Trinajstić information content (AvgIpc) is 2.34. The Balaban J connectivity index is 2.91. The van der Waals surface area contributed by atoms with Gasteiger partial charge in [0, 0.05) is 16.6 Å². The average molecular weight is 184 g/mol. The molecule has 0 amide bonds. The van der Waals surface area contributed by atoms with E-state index in [1.807, 2.05) is 25.3 Å². The molecule has 1 heterocycles. The largest absolute Gasteiger partial charge is 0.200 e. The molecule has 0 aliphatic carbocycles. The molecule has 3 heteroatoms. The lowest BCUT2D eigenvalue weighted by atomic mass is 10.2. The highest BCUT2D eigenvalue weighted by molar-refractivity contribution is 7.13. The minimum atomic E-state index is 0.791. The van der Waals surface area contributed by atoms with E-state index in [9.17, 15) is 0 Å². The standard InChI is InChI=1S/C8H6ClNS/c1-5-2-6(9)3-8-7(5)4-10-11-8/h2-4H,1H3. The first kappa shape index (κ1) is 7.07. The fourth-order valence-corrected chi connectivity index (χ4v) is 2.20. The first-order valence-corrected chi connectivity index (χ1v) is 4.43. The molecule has 0 aliphatic heterocycles. The summed E-state index contributed by atoms with van der Waals surface area (Å²) in [7, 11) is 0. The molecule has 56 valence electrons. The van der Waals surface area contributed by atoms with Crippen LogP contribution in [-0.4, -0.2) is 4.37 Å². The summed E-state index contributed by atoms with van der Waals surface area (Å²) in [5.41, 5.74) is 1.20. The zero-order valence-electron chi connectivity index (χ0n) is 5.97. The van der Waals surface area contributed by atoms with Crippen LogP contribution < -0.4 is 0 Å². The van der Waals surface area contributed by atoms with Crippen LogP contribution in [0.4, 0.5) is 0 Å². The SMILES string of the molecule is Cc1cc(Cl)cc2sncc12. The maximum absolute atomic E-state index is 5.86. The Hall–Kier alpha value is -0.600. The molecule has 11 heavy (non-hydrogen) atoms. The second-order valence-electron chi connectivity index (χ2n) is 2.46. The van der Waals surface area contributed by atoms with Gasteiger partial charge in [0.2, 0.25) is 0 Å². The van der Waals surface area contributed by atoms with E-state index in [1.165, 1.54) is 22.5 Å². The molecule has 0 N–H and O–H groups in total. The topological polar surface area (TPSA) is 12.9 Å². The molecular formula is C8H6ClNS. The maximum Gasteiger partial charge on any atom is 0.0567 e. The molecule has 0 radical (unpaired) electrons. The smallest absolute Gasteiger partial charge is 0.0567 e. The number of nitrogens with zero attached hydrogens (tertiary/aromatic N) is 1. The van der Waals surface area contributed by atoms with Gasteiger partial charge in [-0.3, -0.25) is 0 Å². The van der Waals surface area contributed by atoms with Crippen molar-refractivity contribution in [3.8, 4) is 0 Å². The molecule has 2 rings (SSSR count). The Bertz CT molecular complexity index is 394. The molecule has 0 fully saturated rings. The number of rotatable bonds is 0. The zero-order valence-corrected chi connectivity index (χ0v) is 7.54. The number of aromatic nitrogens is 1. The lowest BCUT2D eigenvalue weighted by molar-refractivity contribution is 1.52. The third kappa shape index (κ3) is 1.12. The molecule has 0 atom stereocenters. The Morgan fingerprint density at radius 3 is 3.09 bits per heavy atom. The van der Waals surface area contributed by atoms with Gasteiger partial charge >= 0.3 is 0 Å². The quantitative estimate of drug-likeness (QED) is 0.611. The molecule has 0 saturated carbocycles. The fourth-order valence-electron chi connectivity index (χ4n) is 1.10. The van der Waals surface area contributed by atoms with Crippen molar-refractivity contribution in [3.63, 3.8) is 0 Å². The van der Waals surface area contributed by atoms with Gasteiger partial charge in [-0.05, 0) is 36.2 Å². The minimum absolute atomic E-state index is 0.791. The van der Waals surface area contributed by atoms with Crippen LogP contribution in [0, 0.1) is 6.92 Å². The maximum atomic E-state index is 5.86. The number of benzene rings is 1. The number of hydrogen-bond donors (Lipinski definition) is 0. The van der Waals surface area contributed by atoms with Gasteiger partial charge < -0.3 is 0 Å². The lowest BCUT2D eigenvalue weighted by Crippen LogP contribution is -1.72.